The standard InChI is InChI=1S/C37H39Cl2N3O4S/c1-27-13-11-12-16-29(27)25-41(35(23-28-14-5-2-6-15-28)37(44)40-31-17-7-3-8-18-31)36(43)26-42(34-24-30(38)21-22-33(34)39)47(45,46)32-19-9-4-10-20-32/h2,4-6,9-16,19-22,24,31,35H,3,7-8,17-18,23,25-26H2,1H3,(H,40,44)/t35-/m0/s1. The molecule has 0 aliphatic heterocycles. The molecular formula is C37H39Cl2N3O4S. The van der Waals surface area contributed by atoms with Crippen LogP contribution >= 0.6 is 23.2 Å². The van der Waals surface area contributed by atoms with E-state index in [1.165, 1.54) is 29.2 Å². The number of carbonyl (C=O) groups is 2. The van der Waals surface area contributed by atoms with Crippen LogP contribution in [0.4, 0.5) is 5.69 Å². The summed E-state index contributed by atoms with van der Waals surface area (Å²) in [5.74, 6) is -0.815. The predicted octanol–water partition coefficient (Wildman–Crippen LogP) is 7.59. The van der Waals surface area contributed by atoms with Crippen molar-refractivity contribution in [1.29, 1.82) is 0 Å². The Hall–Kier alpha value is -3.85. The zero-order valence-electron chi connectivity index (χ0n) is 26.3. The third kappa shape index (κ3) is 8.74. The number of sulfonamides is 1. The highest BCUT2D eigenvalue weighted by Crippen LogP contribution is 2.33. The molecule has 0 bridgehead atoms. The van der Waals surface area contributed by atoms with Gasteiger partial charge in [-0.05, 0) is 66.8 Å². The van der Waals surface area contributed by atoms with E-state index in [2.05, 4.69) is 5.32 Å². The van der Waals surface area contributed by atoms with Crippen LogP contribution in [0.15, 0.2) is 108 Å². The molecule has 0 aromatic heterocycles. The molecule has 1 atom stereocenters. The minimum absolute atomic E-state index is 0.00910. The van der Waals surface area contributed by atoms with Gasteiger partial charge in [-0.2, -0.15) is 0 Å². The van der Waals surface area contributed by atoms with E-state index < -0.39 is 28.5 Å². The van der Waals surface area contributed by atoms with Gasteiger partial charge < -0.3 is 10.2 Å². The molecule has 1 aliphatic rings. The molecule has 10 heteroatoms. The Morgan fingerprint density at radius 3 is 2.17 bits per heavy atom. The Balaban J connectivity index is 1.59. The second-order valence-electron chi connectivity index (χ2n) is 11.9. The van der Waals surface area contributed by atoms with E-state index in [4.69, 9.17) is 23.2 Å². The molecule has 0 spiro atoms. The van der Waals surface area contributed by atoms with Crippen LogP contribution in [0.3, 0.4) is 0 Å². The van der Waals surface area contributed by atoms with Crippen LogP contribution in [0.5, 0.6) is 0 Å². The molecular weight excluding hydrogens is 653 g/mol. The van der Waals surface area contributed by atoms with Gasteiger partial charge in [-0.3, -0.25) is 13.9 Å². The van der Waals surface area contributed by atoms with Crippen molar-refractivity contribution in [1.82, 2.24) is 10.2 Å². The SMILES string of the molecule is Cc1ccccc1CN(C(=O)CN(c1cc(Cl)ccc1Cl)S(=O)(=O)c1ccccc1)[C@@H](Cc1ccccc1)C(=O)NC1CCCCC1. The number of anilines is 1. The smallest absolute Gasteiger partial charge is 0.264 e. The van der Waals surface area contributed by atoms with Crippen molar-refractivity contribution in [2.24, 2.45) is 0 Å². The second kappa shape index (κ2) is 15.8. The second-order valence-corrected chi connectivity index (χ2v) is 14.6. The highest BCUT2D eigenvalue weighted by atomic mass is 35.5. The summed E-state index contributed by atoms with van der Waals surface area (Å²) in [5, 5.41) is 3.60. The minimum Gasteiger partial charge on any atom is -0.352 e. The van der Waals surface area contributed by atoms with Gasteiger partial charge in [0.2, 0.25) is 11.8 Å². The third-order valence-corrected chi connectivity index (χ3v) is 10.9. The van der Waals surface area contributed by atoms with E-state index in [0.29, 0.717) is 0 Å². The Morgan fingerprint density at radius 2 is 1.49 bits per heavy atom. The van der Waals surface area contributed by atoms with Gasteiger partial charge >= 0.3 is 0 Å². The number of aryl methyl sites for hydroxylation is 1. The number of nitrogens with one attached hydrogen (secondary N) is 1. The molecule has 5 rings (SSSR count). The molecule has 0 heterocycles. The summed E-state index contributed by atoms with van der Waals surface area (Å²) in [6.45, 7) is 1.44. The number of amides is 2. The molecule has 1 fully saturated rings. The van der Waals surface area contributed by atoms with Crippen molar-refractivity contribution in [3.8, 4) is 0 Å². The Kier molecular flexibility index (Phi) is 11.6. The molecule has 47 heavy (non-hydrogen) atoms. The maximum atomic E-state index is 14.7. The molecule has 1 aliphatic carbocycles. The lowest BCUT2D eigenvalue weighted by Crippen LogP contribution is -2.55. The zero-order valence-corrected chi connectivity index (χ0v) is 28.6. The molecule has 7 nitrogen and oxygen atoms in total. The highest BCUT2D eigenvalue weighted by Gasteiger charge is 2.36. The van der Waals surface area contributed by atoms with Crippen molar-refractivity contribution >= 4 is 50.7 Å². The number of hydrogen-bond donors (Lipinski definition) is 1. The summed E-state index contributed by atoms with van der Waals surface area (Å²) in [4.78, 5) is 30.4. The first-order valence-electron chi connectivity index (χ1n) is 15.8. The average Bonchev–Trinajstić information content (AvgIpc) is 3.08. The first-order chi connectivity index (χ1) is 22.6. The van der Waals surface area contributed by atoms with E-state index in [1.54, 1.807) is 24.3 Å². The van der Waals surface area contributed by atoms with Gasteiger partial charge in [0.05, 0.1) is 15.6 Å². The van der Waals surface area contributed by atoms with E-state index in [9.17, 15) is 18.0 Å². The quantitative estimate of drug-likeness (QED) is 0.166. The summed E-state index contributed by atoms with van der Waals surface area (Å²) in [7, 11) is -4.29. The summed E-state index contributed by atoms with van der Waals surface area (Å²) in [6.07, 6.45) is 5.22. The lowest BCUT2D eigenvalue weighted by Gasteiger charge is -2.35. The summed E-state index contributed by atoms with van der Waals surface area (Å²) in [5.41, 5.74) is 2.75. The number of halogens is 2. The Morgan fingerprint density at radius 1 is 0.851 bits per heavy atom. The van der Waals surface area contributed by atoms with Crippen LogP contribution in [0.25, 0.3) is 0 Å². The van der Waals surface area contributed by atoms with Gasteiger partial charge in [-0.15, -0.1) is 0 Å². The molecule has 0 saturated heterocycles. The van der Waals surface area contributed by atoms with Gasteiger partial charge in [-0.25, -0.2) is 8.42 Å². The first-order valence-corrected chi connectivity index (χ1v) is 18.0. The van der Waals surface area contributed by atoms with Crippen LogP contribution in [0, 0.1) is 6.92 Å². The molecule has 4 aromatic carbocycles. The summed E-state index contributed by atoms with van der Waals surface area (Å²) in [6, 6.07) is 28.7. The van der Waals surface area contributed by atoms with Crippen molar-refractivity contribution in [2.75, 3.05) is 10.8 Å². The van der Waals surface area contributed by atoms with Gasteiger partial charge in [-0.1, -0.05) is 115 Å². The lowest BCUT2D eigenvalue weighted by atomic mass is 9.94. The molecule has 246 valence electrons. The van der Waals surface area contributed by atoms with Crippen LogP contribution < -0.4 is 9.62 Å². The van der Waals surface area contributed by atoms with E-state index >= 15 is 0 Å². The highest BCUT2D eigenvalue weighted by molar-refractivity contribution is 7.92. The number of hydrogen-bond acceptors (Lipinski definition) is 4. The van der Waals surface area contributed by atoms with Gasteiger partial charge in [0.15, 0.2) is 0 Å². The Bertz CT molecular complexity index is 1780. The first kappa shape index (κ1) is 34.5. The van der Waals surface area contributed by atoms with Gasteiger partial charge in [0.25, 0.3) is 10.0 Å². The number of nitrogens with zero attached hydrogens (tertiary/aromatic N) is 2. The van der Waals surface area contributed by atoms with E-state index in [0.717, 1.165) is 53.1 Å². The van der Waals surface area contributed by atoms with Gasteiger partial charge in [0.1, 0.15) is 12.6 Å². The number of rotatable bonds is 12. The molecule has 1 saturated carbocycles. The normalized spacial score (nSPS) is 14.3. The van der Waals surface area contributed by atoms with E-state index in [1.807, 2.05) is 61.5 Å². The fraction of sp³-hybridized carbons (Fsp3) is 0.297. The van der Waals surface area contributed by atoms with Gasteiger partial charge in [0, 0.05) is 24.0 Å². The largest absolute Gasteiger partial charge is 0.352 e. The average molecular weight is 693 g/mol. The van der Waals surface area contributed by atoms with Crippen LogP contribution in [-0.4, -0.2) is 43.8 Å². The van der Waals surface area contributed by atoms with Crippen molar-refractivity contribution in [2.45, 2.75) is 69.0 Å². The van der Waals surface area contributed by atoms with E-state index in [-0.39, 0.29) is 45.5 Å². The summed E-state index contributed by atoms with van der Waals surface area (Å²) >= 11 is 12.9. The lowest BCUT2D eigenvalue weighted by molar-refractivity contribution is -0.140. The number of benzene rings is 4. The Labute approximate surface area is 287 Å². The number of carbonyl (C=O) groups excluding carboxylic acids is 2. The molecule has 0 unspecified atom stereocenters. The monoisotopic (exact) mass is 691 g/mol. The van der Waals surface area contributed by atoms with Crippen LogP contribution in [0.2, 0.25) is 10.0 Å². The summed E-state index contributed by atoms with van der Waals surface area (Å²) < 4.78 is 29.4. The zero-order chi connectivity index (χ0) is 33.4. The maximum absolute atomic E-state index is 14.7. The van der Waals surface area contributed by atoms with Crippen molar-refractivity contribution in [3.63, 3.8) is 0 Å². The maximum Gasteiger partial charge on any atom is 0.264 e. The fourth-order valence-electron chi connectivity index (χ4n) is 5.98. The topological polar surface area (TPSA) is 86.8 Å². The van der Waals surface area contributed by atoms with Crippen LogP contribution in [-0.2, 0) is 32.6 Å². The fourth-order valence-corrected chi connectivity index (χ4v) is 7.86. The minimum atomic E-state index is -4.29. The van der Waals surface area contributed by atoms with Crippen molar-refractivity contribution in [3.05, 3.63) is 130 Å². The predicted molar refractivity (Wildman–Crippen MR) is 188 cm³/mol. The molecule has 4 aromatic rings. The van der Waals surface area contributed by atoms with Crippen LogP contribution in [0.1, 0.15) is 48.8 Å². The third-order valence-electron chi connectivity index (χ3n) is 8.61. The molecule has 2 amide bonds. The molecule has 0 radical (unpaired) electrons. The van der Waals surface area contributed by atoms with Crippen molar-refractivity contribution < 1.29 is 18.0 Å². The molecule has 1 N–H and O–H groups in total.